The van der Waals surface area contributed by atoms with Crippen molar-refractivity contribution in [1.29, 1.82) is 0 Å². The van der Waals surface area contributed by atoms with Gasteiger partial charge in [0.25, 0.3) is 0 Å². The van der Waals surface area contributed by atoms with Crippen molar-refractivity contribution >= 4 is 66.1 Å². The highest BCUT2D eigenvalue weighted by molar-refractivity contribution is 9.10. The van der Waals surface area contributed by atoms with Crippen LogP contribution in [-0.2, 0) is 4.79 Å². The van der Waals surface area contributed by atoms with E-state index in [9.17, 15) is 4.79 Å². The predicted octanol–water partition coefficient (Wildman–Crippen LogP) is 4.18. The van der Waals surface area contributed by atoms with Crippen LogP contribution in [0.1, 0.15) is 12.8 Å². The first kappa shape index (κ1) is 17.7. The summed E-state index contributed by atoms with van der Waals surface area (Å²) < 4.78 is 1.88. The number of thiazole rings is 1. The maximum Gasteiger partial charge on any atom is 0.234 e. The molecule has 0 unspecified atom stereocenters. The molecule has 1 N–H and O–H groups in total. The molecule has 0 atom stereocenters. The van der Waals surface area contributed by atoms with Gasteiger partial charge in [0, 0.05) is 23.2 Å². The van der Waals surface area contributed by atoms with Crippen molar-refractivity contribution in [1.82, 2.24) is 15.0 Å². The Hall–Kier alpha value is -1.71. The highest BCUT2D eigenvalue weighted by atomic mass is 79.9. The van der Waals surface area contributed by atoms with E-state index in [1.165, 1.54) is 30.9 Å². The van der Waals surface area contributed by atoms with Crippen LogP contribution >= 0.6 is 39.0 Å². The molecule has 6 nitrogen and oxygen atoms in total. The Morgan fingerprint density at radius 1 is 1.31 bits per heavy atom. The molecule has 134 valence electrons. The topological polar surface area (TPSA) is 71.0 Å². The second kappa shape index (κ2) is 7.89. The van der Waals surface area contributed by atoms with Gasteiger partial charge in [-0.3, -0.25) is 4.79 Å². The molecular formula is C17H16BrN5OS2. The lowest BCUT2D eigenvalue weighted by atomic mass is 10.3. The summed E-state index contributed by atoms with van der Waals surface area (Å²) in [7, 11) is 0. The number of nitrogens with zero attached hydrogens (tertiary/aromatic N) is 4. The number of carbonyl (C=O) groups is 1. The number of carbonyl (C=O) groups excluding carboxylic acids is 1. The second-order valence-electron chi connectivity index (χ2n) is 5.87. The fraction of sp³-hybridized carbons (Fsp3) is 0.294. The molecule has 26 heavy (non-hydrogen) atoms. The Bertz CT molecular complexity index is 942. The Balaban J connectivity index is 1.45. The zero-order chi connectivity index (χ0) is 17.9. The van der Waals surface area contributed by atoms with Gasteiger partial charge in [-0.1, -0.05) is 45.1 Å². The smallest absolute Gasteiger partial charge is 0.234 e. The van der Waals surface area contributed by atoms with Gasteiger partial charge in [0.2, 0.25) is 5.91 Å². The van der Waals surface area contributed by atoms with E-state index in [0.717, 1.165) is 38.1 Å². The van der Waals surface area contributed by atoms with Crippen molar-refractivity contribution in [2.75, 3.05) is 29.1 Å². The van der Waals surface area contributed by atoms with Crippen molar-refractivity contribution in [3.05, 3.63) is 35.1 Å². The molecule has 0 radical (unpaired) electrons. The van der Waals surface area contributed by atoms with Gasteiger partial charge >= 0.3 is 0 Å². The van der Waals surface area contributed by atoms with E-state index < -0.39 is 0 Å². The van der Waals surface area contributed by atoms with Crippen LogP contribution in [0.3, 0.4) is 0 Å². The number of amides is 1. The summed E-state index contributed by atoms with van der Waals surface area (Å²) in [6.07, 6.45) is 3.93. The minimum absolute atomic E-state index is 0.0656. The number of halogens is 1. The number of hydrogen-bond donors (Lipinski definition) is 1. The third kappa shape index (κ3) is 3.99. The summed E-state index contributed by atoms with van der Waals surface area (Å²) in [5.74, 6) is 0.222. The van der Waals surface area contributed by atoms with Crippen LogP contribution < -0.4 is 10.2 Å². The van der Waals surface area contributed by atoms with E-state index >= 15 is 0 Å². The molecule has 0 spiro atoms. The largest absolute Gasteiger partial charge is 0.348 e. The van der Waals surface area contributed by atoms with Gasteiger partial charge in [0.1, 0.15) is 16.1 Å². The molecule has 4 rings (SSSR count). The third-order valence-electron chi connectivity index (χ3n) is 3.97. The van der Waals surface area contributed by atoms with E-state index in [1.807, 2.05) is 24.3 Å². The molecule has 1 fully saturated rings. The number of aromatic nitrogens is 3. The van der Waals surface area contributed by atoms with E-state index in [0.29, 0.717) is 5.65 Å². The fourth-order valence-electron chi connectivity index (χ4n) is 2.77. The first-order chi connectivity index (χ1) is 12.7. The number of rotatable bonds is 5. The van der Waals surface area contributed by atoms with Crippen LogP contribution in [0.5, 0.6) is 0 Å². The van der Waals surface area contributed by atoms with E-state index in [1.54, 1.807) is 11.3 Å². The number of benzene rings is 1. The summed E-state index contributed by atoms with van der Waals surface area (Å²) in [4.78, 5) is 27.8. The van der Waals surface area contributed by atoms with Crippen LogP contribution in [0.25, 0.3) is 10.3 Å². The first-order valence-electron chi connectivity index (χ1n) is 8.24. The summed E-state index contributed by atoms with van der Waals surface area (Å²) in [5, 5.41) is 4.70. The lowest BCUT2D eigenvalue weighted by molar-refractivity contribution is -0.113. The van der Waals surface area contributed by atoms with Crippen LogP contribution in [0, 0.1) is 0 Å². The van der Waals surface area contributed by atoms with Crippen molar-refractivity contribution in [2.24, 2.45) is 0 Å². The molecule has 1 saturated heterocycles. The van der Waals surface area contributed by atoms with Crippen LogP contribution in [0.4, 0.5) is 10.8 Å². The van der Waals surface area contributed by atoms with Gasteiger partial charge in [0.05, 0.1) is 5.75 Å². The molecule has 1 aromatic carbocycles. The second-order valence-corrected chi connectivity index (χ2v) is 8.73. The van der Waals surface area contributed by atoms with Crippen LogP contribution in [0.15, 0.2) is 40.1 Å². The lowest BCUT2D eigenvalue weighted by Crippen LogP contribution is -2.16. The van der Waals surface area contributed by atoms with Gasteiger partial charge < -0.3 is 10.2 Å². The fourth-order valence-corrected chi connectivity index (χ4v) is 5.11. The number of anilines is 2. The molecule has 0 saturated carbocycles. The van der Waals surface area contributed by atoms with Crippen molar-refractivity contribution in [3.63, 3.8) is 0 Å². The highest BCUT2D eigenvalue weighted by Gasteiger charge is 2.19. The Labute approximate surface area is 167 Å². The van der Waals surface area contributed by atoms with Gasteiger partial charge in [-0.25, -0.2) is 9.97 Å². The van der Waals surface area contributed by atoms with Gasteiger partial charge in [0.15, 0.2) is 10.8 Å². The zero-order valence-electron chi connectivity index (χ0n) is 13.8. The summed E-state index contributed by atoms with van der Waals surface area (Å²) in [6, 6.07) is 7.54. The first-order valence-corrected chi connectivity index (χ1v) is 10.8. The summed E-state index contributed by atoms with van der Waals surface area (Å²) in [6.45, 7) is 2.09. The summed E-state index contributed by atoms with van der Waals surface area (Å²) in [5.41, 5.74) is 1.48. The van der Waals surface area contributed by atoms with Crippen molar-refractivity contribution in [3.8, 4) is 0 Å². The van der Waals surface area contributed by atoms with Crippen LogP contribution in [0.2, 0.25) is 0 Å². The molecular weight excluding hydrogens is 434 g/mol. The minimum atomic E-state index is -0.0656. The molecule has 1 amide bonds. The number of hydrogen-bond acceptors (Lipinski definition) is 7. The predicted molar refractivity (Wildman–Crippen MR) is 110 cm³/mol. The summed E-state index contributed by atoms with van der Waals surface area (Å²) >= 11 is 6.43. The monoisotopic (exact) mass is 449 g/mol. The van der Waals surface area contributed by atoms with Crippen LogP contribution in [-0.4, -0.2) is 39.7 Å². The Kier molecular flexibility index (Phi) is 5.37. The average Bonchev–Trinajstić information content (AvgIpc) is 3.29. The molecule has 2 aromatic heterocycles. The molecule has 9 heteroatoms. The molecule has 0 bridgehead atoms. The van der Waals surface area contributed by atoms with Gasteiger partial charge in [-0.05, 0) is 31.0 Å². The molecule has 1 aliphatic rings. The zero-order valence-corrected chi connectivity index (χ0v) is 17.0. The molecule has 3 aromatic rings. The average molecular weight is 450 g/mol. The number of fused-ring (bicyclic) bond motifs is 1. The van der Waals surface area contributed by atoms with E-state index in [2.05, 4.69) is 41.1 Å². The SMILES string of the molecule is O=C(CSc1ncnc2nc(N3CCCC3)sc12)Nc1cccc(Br)c1. The Morgan fingerprint density at radius 2 is 2.15 bits per heavy atom. The molecule has 0 aliphatic carbocycles. The number of nitrogens with one attached hydrogen (secondary N) is 1. The minimum Gasteiger partial charge on any atom is -0.348 e. The standard InChI is InChI=1S/C17H16BrN5OS2/c18-11-4-3-5-12(8-11)21-13(24)9-25-16-14-15(19-10-20-16)22-17(26-14)23-6-1-2-7-23/h3-5,8,10H,1-2,6-7,9H2,(H,21,24). The third-order valence-corrected chi connectivity index (χ3v) is 6.70. The molecule has 1 aliphatic heterocycles. The molecule has 3 heterocycles. The maximum atomic E-state index is 12.2. The number of thioether (sulfide) groups is 1. The van der Waals surface area contributed by atoms with Gasteiger partial charge in [-0.15, -0.1) is 0 Å². The van der Waals surface area contributed by atoms with E-state index in [-0.39, 0.29) is 11.7 Å². The normalized spacial score (nSPS) is 14.1. The van der Waals surface area contributed by atoms with Gasteiger partial charge in [-0.2, -0.15) is 4.98 Å². The lowest BCUT2D eigenvalue weighted by Gasteiger charge is -2.11. The Morgan fingerprint density at radius 3 is 2.96 bits per heavy atom. The van der Waals surface area contributed by atoms with Crippen molar-refractivity contribution < 1.29 is 4.79 Å². The van der Waals surface area contributed by atoms with Crippen molar-refractivity contribution in [2.45, 2.75) is 17.9 Å². The highest BCUT2D eigenvalue weighted by Crippen LogP contribution is 2.34. The van der Waals surface area contributed by atoms with E-state index in [4.69, 9.17) is 0 Å². The quantitative estimate of drug-likeness (QED) is 0.465. The maximum absolute atomic E-state index is 12.2.